The number of hydrogen-bond acceptors (Lipinski definition) is 5. The van der Waals surface area contributed by atoms with Gasteiger partial charge in [0.25, 0.3) is 0 Å². The normalized spacial score (nSPS) is 8.46. The lowest BCUT2D eigenvalue weighted by Crippen LogP contribution is -2.27. The lowest BCUT2D eigenvalue weighted by atomic mass is 10.6. The molecule has 0 spiro atoms. The smallest absolute Gasteiger partial charge is 0.317 e. The van der Waals surface area contributed by atoms with Gasteiger partial charge in [0.2, 0.25) is 0 Å². The van der Waals surface area contributed by atoms with E-state index in [0.717, 1.165) is 0 Å². The van der Waals surface area contributed by atoms with Crippen molar-refractivity contribution in [3.8, 4) is 0 Å². The molecule has 0 fully saturated rings. The van der Waals surface area contributed by atoms with E-state index in [0.29, 0.717) is 6.54 Å². The van der Waals surface area contributed by atoms with Crippen LogP contribution in [0, 0.1) is 0 Å². The summed E-state index contributed by atoms with van der Waals surface area (Å²) in [6.45, 7) is -0.154. The van der Waals surface area contributed by atoms with Crippen LogP contribution in [0.3, 0.4) is 0 Å². The van der Waals surface area contributed by atoms with E-state index in [1.807, 2.05) is 0 Å². The Morgan fingerprint density at radius 2 is 1.46 bits per heavy atom. The molecule has 78 valence electrons. The molecule has 0 atom stereocenters. The highest BCUT2D eigenvalue weighted by Gasteiger charge is 1.97. The highest BCUT2D eigenvalue weighted by molar-refractivity contribution is 5.72. The molecule has 6 N–H and O–H groups in total. The van der Waals surface area contributed by atoms with Crippen LogP contribution in [0.4, 0.5) is 0 Å². The van der Waals surface area contributed by atoms with Crippen LogP contribution >= 0.6 is 0 Å². The molecule has 0 radical (unpaired) electrons. The zero-order valence-corrected chi connectivity index (χ0v) is 7.06. The summed E-state index contributed by atoms with van der Waals surface area (Å²) in [7, 11) is 0. The van der Waals surface area contributed by atoms with Crippen LogP contribution in [0.2, 0.25) is 0 Å². The highest BCUT2D eigenvalue weighted by atomic mass is 16.4. The van der Waals surface area contributed by atoms with Crippen molar-refractivity contribution in [2.75, 3.05) is 26.2 Å². The minimum atomic E-state index is -1.06. The molecule has 0 aromatic heterocycles. The monoisotopic (exact) mass is 194 g/mol. The zero-order valence-electron chi connectivity index (χ0n) is 7.06. The van der Waals surface area contributed by atoms with Gasteiger partial charge in [-0.25, -0.2) is 0 Å². The van der Waals surface area contributed by atoms with Crippen molar-refractivity contribution in [3.05, 3.63) is 0 Å². The highest BCUT2D eigenvalue weighted by Crippen LogP contribution is 1.61. The molecule has 0 heterocycles. The average molecular weight is 194 g/mol. The van der Waals surface area contributed by atoms with Crippen LogP contribution in [0.5, 0.6) is 0 Å². The number of carbonyl (C=O) groups is 2. The standard InChI is InChI=1S/C4H7NO4.C2H7NO/c6-3(7)1-5-2-4(8)9;3-1-2-4/h5H,1-2H2,(H,6,7)(H,8,9);4H,1-3H2. The second-order valence-electron chi connectivity index (χ2n) is 1.90. The van der Waals surface area contributed by atoms with E-state index in [9.17, 15) is 9.59 Å². The number of nitrogens with two attached hydrogens (primary N) is 1. The molecule has 0 unspecified atom stereocenters. The molecule has 0 aromatic rings. The van der Waals surface area contributed by atoms with Gasteiger partial charge in [0.05, 0.1) is 19.7 Å². The Balaban J connectivity index is 0. The quantitative estimate of drug-likeness (QED) is 0.332. The van der Waals surface area contributed by atoms with Crippen LogP contribution in [-0.2, 0) is 9.59 Å². The topological polar surface area (TPSA) is 133 Å². The molecule has 0 rings (SSSR count). The molecule has 0 amide bonds. The van der Waals surface area contributed by atoms with Crippen LogP contribution in [0.15, 0.2) is 0 Å². The Kier molecular flexibility index (Phi) is 11.9. The zero-order chi connectivity index (χ0) is 10.7. The van der Waals surface area contributed by atoms with E-state index in [1.165, 1.54) is 0 Å². The van der Waals surface area contributed by atoms with Gasteiger partial charge >= 0.3 is 11.9 Å². The van der Waals surface area contributed by atoms with Gasteiger partial charge in [-0.15, -0.1) is 0 Å². The molecule has 0 aromatic carbocycles. The number of aliphatic hydroxyl groups excluding tert-OH is 1. The SMILES string of the molecule is NCCO.O=C(O)CNCC(=O)O. The van der Waals surface area contributed by atoms with Gasteiger partial charge in [-0.2, -0.15) is 0 Å². The van der Waals surface area contributed by atoms with E-state index < -0.39 is 11.9 Å². The third kappa shape index (κ3) is 24.8. The number of carboxylic acids is 2. The average Bonchev–Trinajstić information content (AvgIpc) is 2.03. The summed E-state index contributed by atoms with van der Waals surface area (Å²) >= 11 is 0. The lowest BCUT2D eigenvalue weighted by Gasteiger charge is -1.93. The van der Waals surface area contributed by atoms with Gasteiger partial charge in [0, 0.05) is 6.54 Å². The first kappa shape index (κ1) is 14.3. The van der Waals surface area contributed by atoms with Gasteiger partial charge in [-0.3, -0.25) is 14.9 Å². The van der Waals surface area contributed by atoms with Crippen LogP contribution in [0.1, 0.15) is 0 Å². The maximum absolute atomic E-state index is 9.73. The number of carboxylic acid groups (broad SMARTS) is 2. The Labute approximate surface area is 75.2 Å². The van der Waals surface area contributed by atoms with E-state index >= 15 is 0 Å². The van der Waals surface area contributed by atoms with Gasteiger partial charge in [0.15, 0.2) is 0 Å². The molecule has 7 heteroatoms. The fourth-order valence-corrected chi connectivity index (χ4v) is 0.276. The van der Waals surface area contributed by atoms with Crippen molar-refractivity contribution >= 4 is 11.9 Å². The van der Waals surface area contributed by atoms with Crippen molar-refractivity contribution < 1.29 is 24.9 Å². The van der Waals surface area contributed by atoms with E-state index in [1.54, 1.807) is 0 Å². The minimum absolute atomic E-state index is 0.0972. The van der Waals surface area contributed by atoms with Crippen LogP contribution in [-0.4, -0.2) is 53.5 Å². The second kappa shape index (κ2) is 10.8. The molecular weight excluding hydrogens is 180 g/mol. The summed E-state index contributed by atoms with van der Waals surface area (Å²) in [4.78, 5) is 19.5. The number of aliphatic carboxylic acids is 2. The summed E-state index contributed by atoms with van der Waals surface area (Å²) in [5.74, 6) is -2.12. The Bertz CT molecular complexity index is 134. The summed E-state index contributed by atoms with van der Waals surface area (Å²) in [6.07, 6.45) is 0. The van der Waals surface area contributed by atoms with Gasteiger partial charge in [0.1, 0.15) is 0 Å². The number of nitrogens with one attached hydrogen (secondary N) is 1. The van der Waals surface area contributed by atoms with Gasteiger partial charge in [-0.1, -0.05) is 0 Å². The first-order valence-electron chi connectivity index (χ1n) is 3.49. The third-order valence-corrected chi connectivity index (χ3v) is 0.682. The predicted octanol–water partition coefficient (Wildman–Crippen LogP) is -2.32. The number of hydrogen-bond donors (Lipinski definition) is 5. The molecule has 0 saturated heterocycles. The lowest BCUT2D eigenvalue weighted by molar-refractivity contribution is -0.137. The molecule has 0 saturated carbocycles. The second-order valence-corrected chi connectivity index (χ2v) is 1.90. The van der Waals surface area contributed by atoms with E-state index in [-0.39, 0.29) is 19.7 Å². The molecule has 0 aliphatic heterocycles. The molecular formula is C6H14N2O5. The van der Waals surface area contributed by atoms with E-state index in [2.05, 4.69) is 5.32 Å². The first-order valence-corrected chi connectivity index (χ1v) is 3.49. The molecule has 7 nitrogen and oxygen atoms in total. The van der Waals surface area contributed by atoms with Crippen molar-refractivity contribution in [2.45, 2.75) is 0 Å². The van der Waals surface area contributed by atoms with Crippen LogP contribution in [0.25, 0.3) is 0 Å². The van der Waals surface area contributed by atoms with E-state index in [4.69, 9.17) is 21.1 Å². The predicted molar refractivity (Wildman–Crippen MR) is 44.3 cm³/mol. The maximum Gasteiger partial charge on any atom is 0.317 e. The maximum atomic E-state index is 9.73. The Morgan fingerprint density at radius 3 is 1.62 bits per heavy atom. The fourth-order valence-electron chi connectivity index (χ4n) is 0.276. The van der Waals surface area contributed by atoms with Crippen molar-refractivity contribution in [3.63, 3.8) is 0 Å². The Morgan fingerprint density at radius 1 is 1.15 bits per heavy atom. The largest absolute Gasteiger partial charge is 0.480 e. The number of aliphatic hydroxyl groups is 1. The van der Waals surface area contributed by atoms with Crippen molar-refractivity contribution in [1.29, 1.82) is 0 Å². The van der Waals surface area contributed by atoms with Gasteiger partial charge < -0.3 is 21.1 Å². The molecule has 0 bridgehead atoms. The van der Waals surface area contributed by atoms with Gasteiger partial charge in [-0.05, 0) is 0 Å². The van der Waals surface area contributed by atoms with Crippen molar-refractivity contribution in [1.82, 2.24) is 5.32 Å². The summed E-state index contributed by atoms with van der Waals surface area (Å²) < 4.78 is 0. The van der Waals surface area contributed by atoms with Crippen LogP contribution < -0.4 is 11.1 Å². The third-order valence-electron chi connectivity index (χ3n) is 0.682. The summed E-state index contributed by atoms with van der Waals surface area (Å²) in [5, 5.41) is 25.9. The summed E-state index contributed by atoms with van der Waals surface area (Å²) in [6, 6.07) is 0. The minimum Gasteiger partial charge on any atom is -0.480 e. The first-order chi connectivity index (χ1) is 6.04. The summed E-state index contributed by atoms with van der Waals surface area (Å²) in [5.41, 5.74) is 4.78. The number of rotatable bonds is 5. The fraction of sp³-hybridized carbons (Fsp3) is 0.667. The molecule has 13 heavy (non-hydrogen) atoms. The Hall–Kier alpha value is -1.18. The van der Waals surface area contributed by atoms with Crippen molar-refractivity contribution in [2.24, 2.45) is 5.73 Å². The molecule has 0 aliphatic rings. The molecule has 0 aliphatic carbocycles.